The number of aliphatic carboxylic acids is 1. The van der Waals surface area contributed by atoms with Crippen molar-refractivity contribution >= 4 is 27.8 Å². The van der Waals surface area contributed by atoms with Gasteiger partial charge in [0.05, 0.1) is 5.56 Å². The van der Waals surface area contributed by atoms with Crippen LogP contribution in [0.3, 0.4) is 0 Å². The number of likely N-dealkylation sites (N-methyl/N-ethyl adjacent to an activating group) is 1. The summed E-state index contributed by atoms with van der Waals surface area (Å²) in [4.78, 5) is 23.2. The Morgan fingerprint density at radius 1 is 1.50 bits per heavy atom. The van der Waals surface area contributed by atoms with Gasteiger partial charge in [-0.1, -0.05) is 0 Å². The number of hydrogen-bond acceptors (Lipinski definition) is 2. The SMILES string of the molecule is CN(CC(=O)O)C(=O)c1ccc(F)cc1Br. The Balaban J connectivity index is 2.92. The molecule has 1 amide bonds. The van der Waals surface area contributed by atoms with E-state index in [4.69, 9.17) is 5.11 Å². The van der Waals surface area contributed by atoms with Crippen LogP contribution in [0.2, 0.25) is 0 Å². The first kappa shape index (κ1) is 12.6. The van der Waals surface area contributed by atoms with Crippen LogP contribution in [-0.4, -0.2) is 35.5 Å². The molecule has 0 bridgehead atoms. The van der Waals surface area contributed by atoms with Crippen LogP contribution >= 0.6 is 15.9 Å². The van der Waals surface area contributed by atoms with Gasteiger partial charge in [-0.3, -0.25) is 9.59 Å². The molecule has 0 aliphatic carbocycles. The summed E-state index contributed by atoms with van der Waals surface area (Å²) in [5.74, 6) is -2.05. The van der Waals surface area contributed by atoms with Gasteiger partial charge in [0, 0.05) is 11.5 Å². The average Bonchev–Trinajstić information content (AvgIpc) is 2.15. The Kier molecular flexibility index (Phi) is 4.00. The lowest BCUT2D eigenvalue weighted by Gasteiger charge is -2.15. The highest BCUT2D eigenvalue weighted by atomic mass is 79.9. The largest absolute Gasteiger partial charge is 0.480 e. The Bertz CT molecular complexity index is 436. The zero-order chi connectivity index (χ0) is 12.3. The molecule has 1 N–H and O–H groups in total. The van der Waals surface area contributed by atoms with Crippen LogP contribution in [0, 0.1) is 5.82 Å². The molecule has 86 valence electrons. The lowest BCUT2D eigenvalue weighted by Crippen LogP contribution is -2.32. The summed E-state index contributed by atoms with van der Waals surface area (Å²) in [5.41, 5.74) is 0.227. The number of carboxylic acids is 1. The summed E-state index contributed by atoms with van der Waals surface area (Å²) in [6.07, 6.45) is 0. The molecule has 0 saturated heterocycles. The number of nitrogens with zero attached hydrogens (tertiary/aromatic N) is 1. The number of hydrogen-bond donors (Lipinski definition) is 1. The van der Waals surface area contributed by atoms with Gasteiger partial charge in [0.15, 0.2) is 0 Å². The molecule has 4 nitrogen and oxygen atoms in total. The summed E-state index contributed by atoms with van der Waals surface area (Å²) in [7, 11) is 1.37. The van der Waals surface area contributed by atoms with E-state index in [0.717, 1.165) is 17.0 Å². The molecular weight excluding hydrogens is 281 g/mol. The first-order valence-electron chi connectivity index (χ1n) is 4.34. The van der Waals surface area contributed by atoms with Gasteiger partial charge in [-0.2, -0.15) is 0 Å². The predicted octanol–water partition coefficient (Wildman–Crippen LogP) is 1.74. The zero-order valence-electron chi connectivity index (χ0n) is 8.41. The molecular formula is C10H9BrFNO3. The van der Waals surface area contributed by atoms with E-state index >= 15 is 0 Å². The van der Waals surface area contributed by atoms with Crippen LogP contribution < -0.4 is 0 Å². The van der Waals surface area contributed by atoms with Crippen molar-refractivity contribution in [1.82, 2.24) is 4.90 Å². The predicted molar refractivity (Wildman–Crippen MR) is 58.7 cm³/mol. The van der Waals surface area contributed by atoms with Gasteiger partial charge in [0.1, 0.15) is 12.4 Å². The van der Waals surface area contributed by atoms with Crippen molar-refractivity contribution in [2.45, 2.75) is 0 Å². The van der Waals surface area contributed by atoms with Crippen molar-refractivity contribution in [2.75, 3.05) is 13.6 Å². The number of halogens is 2. The Hall–Kier alpha value is -1.43. The molecule has 0 fully saturated rings. The average molecular weight is 290 g/mol. The molecule has 0 saturated carbocycles. The maximum Gasteiger partial charge on any atom is 0.323 e. The van der Waals surface area contributed by atoms with Gasteiger partial charge in [-0.25, -0.2) is 4.39 Å². The summed E-state index contributed by atoms with van der Waals surface area (Å²) in [5, 5.41) is 8.53. The standard InChI is InChI=1S/C10H9BrFNO3/c1-13(5-9(14)15)10(16)7-3-2-6(12)4-8(7)11/h2-4H,5H2,1H3,(H,14,15). The van der Waals surface area contributed by atoms with Crippen molar-refractivity contribution in [3.8, 4) is 0 Å². The minimum absolute atomic E-state index is 0.227. The lowest BCUT2D eigenvalue weighted by molar-refractivity contribution is -0.137. The molecule has 0 aliphatic heterocycles. The van der Waals surface area contributed by atoms with E-state index in [1.807, 2.05) is 0 Å². The van der Waals surface area contributed by atoms with Crippen molar-refractivity contribution in [3.05, 3.63) is 34.1 Å². The molecule has 1 aromatic rings. The monoisotopic (exact) mass is 289 g/mol. The first-order valence-corrected chi connectivity index (χ1v) is 5.13. The van der Waals surface area contributed by atoms with Crippen molar-refractivity contribution in [2.24, 2.45) is 0 Å². The van der Waals surface area contributed by atoms with Crippen molar-refractivity contribution in [3.63, 3.8) is 0 Å². The maximum atomic E-state index is 12.8. The molecule has 0 aromatic heterocycles. The van der Waals surface area contributed by atoms with Crippen LogP contribution in [-0.2, 0) is 4.79 Å². The number of benzene rings is 1. The minimum Gasteiger partial charge on any atom is -0.480 e. The number of carbonyl (C=O) groups is 2. The van der Waals surface area contributed by atoms with Gasteiger partial charge >= 0.3 is 5.97 Å². The molecule has 0 unspecified atom stereocenters. The molecule has 0 radical (unpaired) electrons. The topological polar surface area (TPSA) is 57.6 Å². The van der Waals surface area contributed by atoms with E-state index in [1.54, 1.807) is 0 Å². The van der Waals surface area contributed by atoms with E-state index in [2.05, 4.69) is 15.9 Å². The smallest absolute Gasteiger partial charge is 0.323 e. The van der Waals surface area contributed by atoms with Gasteiger partial charge in [-0.15, -0.1) is 0 Å². The Morgan fingerprint density at radius 3 is 2.62 bits per heavy atom. The van der Waals surface area contributed by atoms with Crippen LogP contribution in [0.1, 0.15) is 10.4 Å². The van der Waals surface area contributed by atoms with Crippen LogP contribution in [0.15, 0.2) is 22.7 Å². The Labute approximate surface area is 99.8 Å². The van der Waals surface area contributed by atoms with E-state index in [9.17, 15) is 14.0 Å². The van der Waals surface area contributed by atoms with Crippen LogP contribution in [0.4, 0.5) is 4.39 Å². The third-order valence-corrected chi connectivity index (χ3v) is 2.54. The molecule has 1 aromatic carbocycles. The Morgan fingerprint density at radius 2 is 2.12 bits per heavy atom. The molecule has 0 spiro atoms. The fourth-order valence-electron chi connectivity index (χ4n) is 1.14. The summed E-state index contributed by atoms with van der Waals surface area (Å²) < 4.78 is 13.1. The minimum atomic E-state index is -1.10. The van der Waals surface area contributed by atoms with Crippen LogP contribution in [0.25, 0.3) is 0 Å². The van der Waals surface area contributed by atoms with E-state index in [1.165, 1.54) is 13.1 Å². The number of carboxylic acid groups (broad SMARTS) is 1. The van der Waals surface area contributed by atoms with Crippen LogP contribution in [0.5, 0.6) is 0 Å². The van der Waals surface area contributed by atoms with Gasteiger partial charge < -0.3 is 10.0 Å². The summed E-state index contributed by atoms with van der Waals surface area (Å²) in [6, 6.07) is 3.61. The molecule has 1 rings (SSSR count). The number of rotatable bonds is 3. The molecule has 16 heavy (non-hydrogen) atoms. The maximum absolute atomic E-state index is 12.8. The van der Waals surface area contributed by atoms with Gasteiger partial charge in [0.2, 0.25) is 0 Å². The zero-order valence-corrected chi connectivity index (χ0v) is 9.99. The van der Waals surface area contributed by atoms with E-state index < -0.39 is 24.2 Å². The third-order valence-electron chi connectivity index (χ3n) is 1.88. The highest BCUT2D eigenvalue weighted by molar-refractivity contribution is 9.10. The second-order valence-corrected chi connectivity index (χ2v) is 4.03. The quantitative estimate of drug-likeness (QED) is 0.922. The normalized spacial score (nSPS) is 9.94. The van der Waals surface area contributed by atoms with E-state index in [-0.39, 0.29) is 5.56 Å². The molecule has 0 atom stereocenters. The molecule has 6 heteroatoms. The van der Waals surface area contributed by atoms with Crippen molar-refractivity contribution in [1.29, 1.82) is 0 Å². The molecule has 0 heterocycles. The fraction of sp³-hybridized carbons (Fsp3) is 0.200. The highest BCUT2D eigenvalue weighted by Gasteiger charge is 2.17. The van der Waals surface area contributed by atoms with Gasteiger partial charge in [-0.05, 0) is 34.1 Å². The van der Waals surface area contributed by atoms with Gasteiger partial charge in [0.25, 0.3) is 5.91 Å². The summed E-state index contributed by atoms with van der Waals surface area (Å²) in [6.45, 7) is -0.400. The first-order chi connectivity index (χ1) is 7.41. The second-order valence-electron chi connectivity index (χ2n) is 3.18. The van der Waals surface area contributed by atoms with E-state index in [0.29, 0.717) is 4.47 Å². The second kappa shape index (κ2) is 5.07. The number of carbonyl (C=O) groups excluding carboxylic acids is 1. The number of amides is 1. The lowest BCUT2D eigenvalue weighted by atomic mass is 10.2. The fourth-order valence-corrected chi connectivity index (χ4v) is 1.66. The van der Waals surface area contributed by atoms with Crippen molar-refractivity contribution < 1.29 is 19.1 Å². The highest BCUT2D eigenvalue weighted by Crippen LogP contribution is 2.19. The third kappa shape index (κ3) is 3.03. The summed E-state index contributed by atoms with van der Waals surface area (Å²) >= 11 is 3.05. The molecule has 0 aliphatic rings.